The molecule has 3 atom stereocenters. The van der Waals surface area contributed by atoms with Gasteiger partial charge in [0.15, 0.2) is 0 Å². The summed E-state index contributed by atoms with van der Waals surface area (Å²) >= 11 is 12.5. The molecule has 0 saturated carbocycles. The minimum Gasteiger partial charge on any atom is -0.399 e. The van der Waals surface area contributed by atoms with Crippen LogP contribution < -0.4 is 11.1 Å². The van der Waals surface area contributed by atoms with Gasteiger partial charge in [0.2, 0.25) is 0 Å². The quantitative estimate of drug-likeness (QED) is 0.542. The van der Waals surface area contributed by atoms with Crippen molar-refractivity contribution in [2.75, 3.05) is 11.1 Å². The van der Waals surface area contributed by atoms with Crippen molar-refractivity contribution >= 4 is 34.6 Å². The Morgan fingerprint density at radius 2 is 1.91 bits per heavy atom. The highest BCUT2D eigenvalue weighted by Gasteiger charge is 2.38. The van der Waals surface area contributed by atoms with Gasteiger partial charge in [-0.1, -0.05) is 41.4 Å². The molecule has 2 nitrogen and oxygen atoms in total. The Kier molecular flexibility index (Phi) is 3.32. The second-order valence-corrected chi connectivity index (χ2v) is 6.83. The van der Waals surface area contributed by atoms with Crippen LogP contribution in [0.4, 0.5) is 11.4 Å². The SMILES string of the molecule is Nc1ccc2c(c1)[C@@H]1C=CC[C@H]1[C@@H](c1ccc(Cl)cc1Cl)N2. The van der Waals surface area contributed by atoms with Crippen LogP contribution in [0.1, 0.15) is 29.5 Å². The summed E-state index contributed by atoms with van der Waals surface area (Å²) in [5.74, 6) is 0.837. The number of nitrogen functional groups attached to an aromatic ring is 1. The largest absolute Gasteiger partial charge is 0.399 e. The Morgan fingerprint density at radius 1 is 1.05 bits per heavy atom. The van der Waals surface area contributed by atoms with Crippen LogP contribution in [0.15, 0.2) is 48.6 Å². The number of rotatable bonds is 1. The molecule has 3 N–H and O–H groups in total. The number of halogens is 2. The molecule has 0 amide bonds. The molecule has 4 heteroatoms. The number of anilines is 2. The zero-order valence-electron chi connectivity index (χ0n) is 11.9. The molecule has 2 aromatic rings. The zero-order chi connectivity index (χ0) is 15.3. The van der Waals surface area contributed by atoms with Gasteiger partial charge in [-0.05, 0) is 53.8 Å². The second-order valence-electron chi connectivity index (χ2n) is 5.99. The zero-order valence-corrected chi connectivity index (χ0v) is 13.4. The summed E-state index contributed by atoms with van der Waals surface area (Å²) in [5.41, 5.74) is 10.3. The van der Waals surface area contributed by atoms with Crippen LogP contribution in [0, 0.1) is 5.92 Å². The number of benzene rings is 2. The molecule has 4 rings (SSSR count). The third-order valence-electron chi connectivity index (χ3n) is 4.68. The first-order chi connectivity index (χ1) is 10.6. The number of hydrogen-bond donors (Lipinski definition) is 2. The number of allylic oxidation sites excluding steroid dienone is 2. The van der Waals surface area contributed by atoms with Crippen molar-refractivity contribution in [2.45, 2.75) is 18.4 Å². The van der Waals surface area contributed by atoms with Crippen LogP contribution in [0.2, 0.25) is 10.0 Å². The van der Waals surface area contributed by atoms with E-state index >= 15 is 0 Å². The van der Waals surface area contributed by atoms with Crippen LogP contribution in [0.25, 0.3) is 0 Å². The number of fused-ring (bicyclic) bond motifs is 3. The standard InChI is InChI=1S/C18H16Cl2N2/c19-10-4-6-14(16(20)8-10)18-13-3-1-2-12(13)15-9-11(21)5-7-17(15)22-18/h1-2,4-9,12-13,18,22H,3,21H2/t12-,13-,18+/m1/s1. The monoisotopic (exact) mass is 330 g/mol. The van der Waals surface area contributed by atoms with Crippen molar-refractivity contribution in [1.29, 1.82) is 0 Å². The average molecular weight is 331 g/mol. The molecule has 0 saturated heterocycles. The first-order valence-corrected chi connectivity index (χ1v) is 8.16. The summed E-state index contributed by atoms with van der Waals surface area (Å²) in [6, 6.07) is 12.0. The van der Waals surface area contributed by atoms with E-state index in [2.05, 4.69) is 29.6 Å². The second kappa shape index (κ2) is 5.22. The van der Waals surface area contributed by atoms with E-state index in [1.807, 2.05) is 24.3 Å². The van der Waals surface area contributed by atoms with Gasteiger partial charge >= 0.3 is 0 Å². The van der Waals surface area contributed by atoms with Crippen LogP contribution in [-0.2, 0) is 0 Å². The molecule has 2 aliphatic rings. The van der Waals surface area contributed by atoms with Gasteiger partial charge in [-0.25, -0.2) is 0 Å². The minimum absolute atomic E-state index is 0.181. The van der Waals surface area contributed by atoms with Crippen LogP contribution in [-0.4, -0.2) is 0 Å². The predicted octanol–water partition coefficient (Wildman–Crippen LogP) is 5.40. The fourth-order valence-corrected chi connectivity index (χ4v) is 4.20. The van der Waals surface area contributed by atoms with Gasteiger partial charge in [-0.2, -0.15) is 0 Å². The lowest BCUT2D eigenvalue weighted by atomic mass is 9.77. The fourth-order valence-electron chi connectivity index (χ4n) is 3.67. The lowest BCUT2D eigenvalue weighted by Gasteiger charge is -2.38. The van der Waals surface area contributed by atoms with Crippen LogP contribution >= 0.6 is 23.2 Å². The summed E-state index contributed by atoms with van der Waals surface area (Å²) in [6.07, 6.45) is 5.59. The Balaban J connectivity index is 1.81. The van der Waals surface area contributed by atoms with E-state index in [9.17, 15) is 0 Å². The van der Waals surface area contributed by atoms with E-state index in [4.69, 9.17) is 28.9 Å². The van der Waals surface area contributed by atoms with E-state index in [0.717, 1.165) is 28.4 Å². The summed E-state index contributed by atoms with van der Waals surface area (Å²) in [5, 5.41) is 5.03. The number of nitrogens with two attached hydrogens (primary N) is 1. The smallest absolute Gasteiger partial charge is 0.0568 e. The van der Waals surface area contributed by atoms with E-state index in [1.165, 1.54) is 5.56 Å². The Labute approximate surface area is 139 Å². The van der Waals surface area contributed by atoms with Crippen molar-refractivity contribution in [3.63, 3.8) is 0 Å². The van der Waals surface area contributed by atoms with Gasteiger partial charge in [0.25, 0.3) is 0 Å². The van der Waals surface area contributed by atoms with Crippen molar-refractivity contribution in [1.82, 2.24) is 0 Å². The van der Waals surface area contributed by atoms with E-state index < -0.39 is 0 Å². The third kappa shape index (κ3) is 2.18. The average Bonchev–Trinajstić information content (AvgIpc) is 2.97. The van der Waals surface area contributed by atoms with Gasteiger partial charge < -0.3 is 11.1 Å². The molecule has 22 heavy (non-hydrogen) atoms. The Hall–Kier alpha value is -1.64. The normalized spacial score (nSPS) is 25.5. The lowest BCUT2D eigenvalue weighted by Crippen LogP contribution is -2.29. The van der Waals surface area contributed by atoms with Crippen LogP contribution in [0.5, 0.6) is 0 Å². The third-order valence-corrected chi connectivity index (χ3v) is 5.25. The Bertz CT molecular complexity index is 770. The molecule has 112 valence electrons. The van der Waals surface area contributed by atoms with Gasteiger partial charge in [-0.15, -0.1) is 0 Å². The first kappa shape index (κ1) is 14.0. The van der Waals surface area contributed by atoms with Crippen molar-refractivity contribution < 1.29 is 0 Å². The maximum absolute atomic E-state index is 6.44. The highest BCUT2D eigenvalue weighted by Crippen LogP contribution is 2.51. The van der Waals surface area contributed by atoms with E-state index in [1.54, 1.807) is 0 Å². The van der Waals surface area contributed by atoms with Crippen molar-refractivity contribution in [2.24, 2.45) is 5.92 Å². The Morgan fingerprint density at radius 3 is 2.73 bits per heavy atom. The van der Waals surface area contributed by atoms with Gasteiger partial charge in [0.05, 0.1) is 6.04 Å². The number of nitrogens with one attached hydrogen (secondary N) is 1. The summed E-state index contributed by atoms with van der Waals surface area (Å²) in [4.78, 5) is 0. The molecule has 0 bridgehead atoms. The minimum atomic E-state index is 0.181. The van der Waals surface area contributed by atoms with E-state index in [0.29, 0.717) is 16.9 Å². The first-order valence-electron chi connectivity index (χ1n) is 7.41. The van der Waals surface area contributed by atoms with Gasteiger partial charge in [-0.3, -0.25) is 0 Å². The molecule has 0 spiro atoms. The van der Waals surface area contributed by atoms with Crippen molar-refractivity contribution in [3.8, 4) is 0 Å². The molecule has 0 unspecified atom stereocenters. The molecule has 1 aliphatic heterocycles. The molecule has 0 radical (unpaired) electrons. The molecule has 2 aromatic carbocycles. The van der Waals surface area contributed by atoms with E-state index in [-0.39, 0.29) is 6.04 Å². The molecule has 1 aliphatic carbocycles. The highest BCUT2D eigenvalue weighted by atomic mass is 35.5. The maximum atomic E-state index is 6.44. The van der Waals surface area contributed by atoms with Crippen molar-refractivity contribution in [3.05, 3.63) is 69.7 Å². The van der Waals surface area contributed by atoms with Gasteiger partial charge in [0.1, 0.15) is 0 Å². The maximum Gasteiger partial charge on any atom is 0.0568 e. The lowest BCUT2D eigenvalue weighted by molar-refractivity contribution is 0.426. The highest BCUT2D eigenvalue weighted by molar-refractivity contribution is 6.35. The van der Waals surface area contributed by atoms with Gasteiger partial charge in [0, 0.05) is 27.3 Å². The molecular formula is C18H16Cl2N2. The van der Waals surface area contributed by atoms with Crippen LogP contribution in [0.3, 0.4) is 0 Å². The topological polar surface area (TPSA) is 38.0 Å². The predicted molar refractivity (Wildman–Crippen MR) is 93.7 cm³/mol. The molecular weight excluding hydrogens is 315 g/mol. The summed E-state index contributed by atoms with van der Waals surface area (Å²) in [7, 11) is 0. The molecule has 0 fully saturated rings. The number of hydrogen-bond acceptors (Lipinski definition) is 2. The molecule has 0 aromatic heterocycles. The fraction of sp³-hybridized carbons (Fsp3) is 0.222. The summed E-state index contributed by atoms with van der Waals surface area (Å²) in [6.45, 7) is 0. The summed E-state index contributed by atoms with van der Waals surface area (Å²) < 4.78 is 0. The molecule has 1 heterocycles.